The molecule has 1 aliphatic carbocycles. The van der Waals surface area contributed by atoms with Gasteiger partial charge in [0.2, 0.25) is 5.91 Å². The quantitative estimate of drug-likeness (QED) is 0.818. The predicted molar refractivity (Wildman–Crippen MR) is 94.5 cm³/mol. The summed E-state index contributed by atoms with van der Waals surface area (Å²) >= 11 is 0. The Morgan fingerprint density at radius 1 is 0.960 bits per heavy atom. The molecule has 2 N–H and O–H groups in total. The summed E-state index contributed by atoms with van der Waals surface area (Å²) in [4.78, 5) is 24.1. The van der Waals surface area contributed by atoms with Gasteiger partial charge in [-0.1, -0.05) is 24.3 Å². The lowest BCUT2D eigenvalue weighted by molar-refractivity contribution is -0.124. The molecule has 0 saturated heterocycles. The van der Waals surface area contributed by atoms with Crippen LogP contribution in [-0.2, 0) is 11.3 Å². The van der Waals surface area contributed by atoms with E-state index < -0.39 is 0 Å². The SMILES string of the molecule is O=C(Nc1ccc(F)cc1)c1ccc(CNC(=O)C2CC=CC2)cc1. The molecule has 0 aliphatic heterocycles. The normalized spacial score (nSPS) is 13.6. The van der Waals surface area contributed by atoms with Gasteiger partial charge < -0.3 is 10.6 Å². The molecule has 0 heterocycles. The molecule has 128 valence electrons. The first-order valence-corrected chi connectivity index (χ1v) is 8.20. The topological polar surface area (TPSA) is 58.2 Å². The molecule has 2 aromatic carbocycles. The first-order valence-electron chi connectivity index (χ1n) is 8.20. The smallest absolute Gasteiger partial charge is 0.255 e. The van der Waals surface area contributed by atoms with Gasteiger partial charge in [0, 0.05) is 23.7 Å². The van der Waals surface area contributed by atoms with Crippen LogP contribution in [0.15, 0.2) is 60.7 Å². The van der Waals surface area contributed by atoms with E-state index in [0.29, 0.717) is 17.8 Å². The van der Waals surface area contributed by atoms with E-state index in [2.05, 4.69) is 10.6 Å². The van der Waals surface area contributed by atoms with Crippen molar-refractivity contribution in [1.29, 1.82) is 0 Å². The van der Waals surface area contributed by atoms with Crippen LogP contribution in [0.4, 0.5) is 10.1 Å². The molecule has 1 aliphatic rings. The first-order chi connectivity index (χ1) is 12.1. The Labute approximate surface area is 145 Å². The Balaban J connectivity index is 1.53. The van der Waals surface area contributed by atoms with Gasteiger partial charge in [-0.15, -0.1) is 0 Å². The van der Waals surface area contributed by atoms with Crippen LogP contribution in [0.2, 0.25) is 0 Å². The summed E-state index contributed by atoms with van der Waals surface area (Å²) in [6.45, 7) is 0.440. The first kappa shape index (κ1) is 16.9. The molecule has 0 fully saturated rings. The molecule has 0 atom stereocenters. The Kier molecular flexibility index (Phi) is 5.23. The molecule has 0 bridgehead atoms. The maximum absolute atomic E-state index is 12.9. The second kappa shape index (κ2) is 7.75. The highest BCUT2D eigenvalue weighted by Crippen LogP contribution is 2.18. The van der Waals surface area contributed by atoms with Crippen molar-refractivity contribution in [2.24, 2.45) is 5.92 Å². The summed E-state index contributed by atoms with van der Waals surface area (Å²) < 4.78 is 12.9. The lowest BCUT2D eigenvalue weighted by Gasteiger charge is -2.11. The third-order valence-corrected chi connectivity index (χ3v) is 4.16. The number of amides is 2. The van der Waals surface area contributed by atoms with Crippen molar-refractivity contribution in [1.82, 2.24) is 5.32 Å². The zero-order valence-corrected chi connectivity index (χ0v) is 13.7. The van der Waals surface area contributed by atoms with E-state index in [9.17, 15) is 14.0 Å². The van der Waals surface area contributed by atoms with Gasteiger partial charge in [-0.05, 0) is 54.8 Å². The predicted octanol–water partition coefficient (Wildman–Crippen LogP) is 3.66. The molecular weight excluding hydrogens is 319 g/mol. The molecule has 0 saturated carbocycles. The molecule has 25 heavy (non-hydrogen) atoms. The summed E-state index contributed by atoms with van der Waals surface area (Å²) in [5.41, 5.74) is 1.96. The van der Waals surface area contributed by atoms with Crippen molar-refractivity contribution < 1.29 is 14.0 Å². The lowest BCUT2D eigenvalue weighted by Crippen LogP contribution is -2.28. The molecule has 0 unspecified atom stereocenters. The number of benzene rings is 2. The number of carbonyl (C=O) groups excluding carboxylic acids is 2. The molecule has 2 aromatic rings. The monoisotopic (exact) mass is 338 g/mol. The van der Waals surface area contributed by atoms with E-state index in [1.807, 2.05) is 24.3 Å². The van der Waals surface area contributed by atoms with E-state index in [-0.39, 0.29) is 23.5 Å². The van der Waals surface area contributed by atoms with Gasteiger partial charge in [0.05, 0.1) is 0 Å². The van der Waals surface area contributed by atoms with Crippen LogP contribution < -0.4 is 10.6 Å². The van der Waals surface area contributed by atoms with Crippen LogP contribution in [0.25, 0.3) is 0 Å². The van der Waals surface area contributed by atoms with Gasteiger partial charge in [0.1, 0.15) is 5.82 Å². The summed E-state index contributed by atoms with van der Waals surface area (Å²) in [5.74, 6) is -0.513. The third-order valence-electron chi connectivity index (χ3n) is 4.16. The van der Waals surface area contributed by atoms with Crippen LogP contribution in [0.3, 0.4) is 0 Å². The molecule has 0 radical (unpaired) electrons. The van der Waals surface area contributed by atoms with E-state index >= 15 is 0 Å². The van der Waals surface area contributed by atoms with E-state index in [1.54, 1.807) is 12.1 Å². The number of carbonyl (C=O) groups is 2. The minimum absolute atomic E-state index is 0.0424. The Bertz CT molecular complexity index is 774. The zero-order valence-electron chi connectivity index (χ0n) is 13.7. The zero-order chi connectivity index (χ0) is 17.6. The second-order valence-corrected chi connectivity index (χ2v) is 6.02. The highest BCUT2D eigenvalue weighted by atomic mass is 19.1. The summed E-state index contributed by atoms with van der Waals surface area (Å²) in [5, 5.41) is 5.63. The van der Waals surface area contributed by atoms with Crippen LogP contribution in [0, 0.1) is 11.7 Å². The highest BCUT2D eigenvalue weighted by Gasteiger charge is 2.18. The van der Waals surface area contributed by atoms with Gasteiger partial charge in [-0.25, -0.2) is 4.39 Å². The minimum atomic E-state index is -0.349. The molecule has 3 rings (SSSR count). The minimum Gasteiger partial charge on any atom is -0.352 e. The molecular formula is C20H19FN2O2. The maximum Gasteiger partial charge on any atom is 0.255 e. The fourth-order valence-electron chi connectivity index (χ4n) is 2.68. The van der Waals surface area contributed by atoms with Gasteiger partial charge in [0.25, 0.3) is 5.91 Å². The van der Waals surface area contributed by atoms with Crippen LogP contribution in [0.5, 0.6) is 0 Å². The average Bonchev–Trinajstić information content (AvgIpc) is 3.17. The molecule has 0 aromatic heterocycles. The number of allylic oxidation sites excluding steroid dienone is 2. The van der Waals surface area contributed by atoms with Crippen molar-refractivity contribution >= 4 is 17.5 Å². The van der Waals surface area contributed by atoms with Gasteiger partial charge in [0.15, 0.2) is 0 Å². The summed E-state index contributed by atoms with van der Waals surface area (Å²) in [6, 6.07) is 12.6. The number of halogens is 1. The number of nitrogens with one attached hydrogen (secondary N) is 2. The van der Waals surface area contributed by atoms with Crippen molar-refractivity contribution in [3.63, 3.8) is 0 Å². The average molecular weight is 338 g/mol. The van der Waals surface area contributed by atoms with Crippen molar-refractivity contribution in [2.45, 2.75) is 19.4 Å². The molecule has 4 nitrogen and oxygen atoms in total. The maximum atomic E-state index is 12.9. The van der Waals surface area contributed by atoms with Crippen molar-refractivity contribution in [3.05, 3.63) is 77.6 Å². The molecule has 5 heteroatoms. The Morgan fingerprint density at radius 3 is 2.24 bits per heavy atom. The largest absolute Gasteiger partial charge is 0.352 e. The summed E-state index contributed by atoms with van der Waals surface area (Å²) in [7, 11) is 0. The lowest BCUT2D eigenvalue weighted by atomic mass is 10.1. The molecule has 2 amide bonds. The van der Waals surface area contributed by atoms with Crippen molar-refractivity contribution in [2.75, 3.05) is 5.32 Å². The van der Waals surface area contributed by atoms with E-state index in [0.717, 1.165) is 18.4 Å². The van der Waals surface area contributed by atoms with Crippen LogP contribution in [-0.4, -0.2) is 11.8 Å². The molecule has 0 spiro atoms. The van der Waals surface area contributed by atoms with E-state index in [4.69, 9.17) is 0 Å². The third kappa shape index (κ3) is 4.53. The Hall–Kier alpha value is -2.95. The highest BCUT2D eigenvalue weighted by molar-refractivity contribution is 6.04. The van der Waals surface area contributed by atoms with Crippen molar-refractivity contribution in [3.8, 4) is 0 Å². The van der Waals surface area contributed by atoms with Gasteiger partial charge in [-0.3, -0.25) is 9.59 Å². The van der Waals surface area contributed by atoms with Gasteiger partial charge in [-0.2, -0.15) is 0 Å². The van der Waals surface area contributed by atoms with Crippen LogP contribution >= 0.6 is 0 Å². The standard InChI is InChI=1S/C20H19FN2O2/c21-17-9-11-18(12-10-17)23-20(25)16-7-5-14(6-8-16)13-22-19(24)15-3-1-2-4-15/h1-2,5-12,15H,3-4,13H2,(H,22,24)(H,23,25). The fraction of sp³-hybridized carbons (Fsp3) is 0.200. The number of hydrogen-bond acceptors (Lipinski definition) is 2. The summed E-state index contributed by atoms with van der Waals surface area (Å²) in [6.07, 6.45) is 5.65. The number of rotatable bonds is 5. The number of hydrogen-bond donors (Lipinski definition) is 2. The fourth-order valence-corrected chi connectivity index (χ4v) is 2.68. The van der Waals surface area contributed by atoms with E-state index in [1.165, 1.54) is 24.3 Å². The van der Waals surface area contributed by atoms with Gasteiger partial charge >= 0.3 is 0 Å². The van der Waals surface area contributed by atoms with Crippen LogP contribution in [0.1, 0.15) is 28.8 Å². The second-order valence-electron chi connectivity index (χ2n) is 6.02. The Morgan fingerprint density at radius 2 is 1.60 bits per heavy atom. The number of anilines is 1.